The van der Waals surface area contributed by atoms with Crippen molar-refractivity contribution >= 4 is 11.7 Å². The molecule has 2 aliphatic carbocycles. The van der Waals surface area contributed by atoms with Crippen LogP contribution in [0.5, 0.6) is 5.75 Å². The van der Waals surface area contributed by atoms with Crippen LogP contribution in [0.4, 0.5) is 19.0 Å². The highest BCUT2D eigenvalue weighted by Crippen LogP contribution is 2.48. The second kappa shape index (κ2) is 9.36. The van der Waals surface area contributed by atoms with Crippen molar-refractivity contribution in [2.45, 2.75) is 43.8 Å². The molecule has 0 saturated heterocycles. The fourth-order valence-corrected chi connectivity index (χ4v) is 4.01. The summed E-state index contributed by atoms with van der Waals surface area (Å²) in [5, 5.41) is 2.18. The van der Waals surface area contributed by atoms with E-state index in [1.807, 2.05) is 19.0 Å². The Kier molecular flexibility index (Phi) is 6.66. The topological polar surface area (TPSA) is 83.5 Å². The number of fused-ring (bicyclic) bond motifs is 1. The number of ether oxygens (including phenoxy) is 1. The van der Waals surface area contributed by atoms with Gasteiger partial charge < -0.3 is 19.9 Å². The molecular weight excluding hydrogens is 449 g/mol. The van der Waals surface area contributed by atoms with Crippen molar-refractivity contribution in [1.29, 1.82) is 0 Å². The number of pyridine rings is 1. The van der Waals surface area contributed by atoms with Crippen molar-refractivity contribution in [3.8, 4) is 17.3 Å². The highest BCUT2D eigenvalue weighted by Gasteiger charge is 2.64. The molecule has 0 bridgehead atoms. The molecule has 0 radical (unpaired) electrons. The zero-order chi connectivity index (χ0) is 24.5. The summed E-state index contributed by atoms with van der Waals surface area (Å²) < 4.78 is 45.4. The van der Waals surface area contributed by atoms with Gasteiger partial charge in [0, 0.05) is 37.1 Å². The van der Waals surface area contributed by atoms with Gasteiger partial charge in [-0.05, 0) is 52.3 Å². The number of rotatable bonds is 9. The molecule has 0 aromatic carbocycles. The number of amides is 1. The van der Waals surface area contributed by atoms with Crippen LogP contribution in [0.25, 0.3) is 11.5 Å². The van der Waals surface area contributed by atoms with Crippen LogP contribution in [0, 0.1) is 0 Å². The standard InChI is InChI=1S/C23H29F3N6O2/c1-31(2)11-12-34-15-7-10-27-18(13-15)20-28-17-6-4-5-16(17)21(29-20)32(3)14-19(33)30-22(8-9-22)23(24,25)26/h7,10,13H,4-6,8-9,11-12,14H2,1-3H3,(H,30,33). The van der Waals surface area contributed by atoms with Crippen LogP contribution in [0.15, 0.2) is 18.3 Å². The molecule has 8 nitrogen and oxygen atoms in total. The van der Waals surface area contributed by atoms with E-state index >= 15 is 0 Å². The van der Waals surface area contributed by atoms with Gasteiger partial charge in [-0.25, -0.2) is 9.97 Å². The lowest BCUT2D eigenvalue weighted by Crippen LogP contribution is -2.50. The quantitative estimate of drug-likeness (QED) is 0.593. The summed E-state index contributed by atoms with van der Waals surface area (Å²) in [5.74, 6) is 0.908. The average Bonchev–Trinajstić information content (AvgIpc) is 3.40. The molecule has 11 heteroatoms. The Hall–Kier alpha value is -2.95. The Balaban J connectivity index is 1.53. The molecule has 1 fully saturated rings. The smallest absolute Gasteiger partial charge is 0.411 e. The maximum absolute atomic E-state index is 13.2. The Morgan fingerprint density at radius 2 is 1.97 bits per heavy atom. The van der Waals surface area contributed by atoms with Crippen LogP contribution < -0.4 is 15.0 Å². The molecule has 0 aliphatic heterocycles. The first-order valence-electron chi connectivity index (χ1n) is 11.3. The van der Waals surface area contributed by atoms with Crippen molar-refractivity contribution in [3.63, 3.8) is 0 Å². The van der Waals surface area contributed by atoms with Gasteiger partial charge in [0.1, 0.15) is 29.4 Å². The molecule has 0 spiro atoms. The summed E-state index contributed by atoms with van der Waals surface area (Å²) in [4.78, 5) is 29.8. The number of hydrogen-bond acceptors (Lipinski definition) is 7. The van der Waals surface area contributed by atoms with E-state index in [2.05, 4.69) is 20.3 Å². The van der Waals surface area contributed by atoms with E-state index in [0.717, 1.165) is 37.1 Å². The van der Waals surface area contributed by atoms with Gasteiger partial charge in [0.25, 0.3) is 0 Å². The van der Waals surface area contributed by atoms with Gasteiger partial charge in [-0.1, -0.05) is 0 Å². The van der Waals surface area contributed by atoms with Crippen molar-refractivity contribution < 1.29 is 22.7 Å². The number of likely N-dealkylation sites (N-methyl/N-ethyl adjacent to an activating group) is 2. The molecule has 2 aliphatic rings. The molecule has 34 heavy (non-hydrogen) atoms. The van der Waals surface area contributed by atoms with Crippen molar-refractivity contribution in [2.75, 3.05) is 45.7 Å². The van der Waals surface area contributed by atoms with Crippen LogP contribution in [-0.2, 0) is 17.6 Å². The normalized spacial score (nSPS) is 16.3. The summed E-state index contributed by atoms with van der Waals surface area (Å²) in [6, 6.07) is 3.53. The Morgan fingerprint density at radius 1 is 1.21 bits per heavy atom. The van der Waals surface area contributed by atoms with Crippen molar-refractivity contribution in [2.24, 2.45) is 0 Å². The van der Waals surface area contributed by atoms with Crippen LogP contribution >= 0.6 is 0 Å². The van der Waals surface area contributed by atoms with E-state index in [1.165, 1.54) is 0 Å². The van der Waals surface area contributed by atoms with Gasteiger partial charge in [0.05, 0.1) is 6.54 Å². The third kappa shape index (κ3) is 5.24. The second-order valence-electron chi connectivity index (χ2n) is 9.16. The summed E-state index contributed by atoms with van der Waals surface area (Å²) in [5.41, 5.74) is 0.252. The Morgan fingerprint density at radius 3 is 2.65 bits per heavy atom. The van der Waals surface area contributed by atoms with Crippen molar-refractivity contribution in [1.82, 2.24) is 25.2 Å². The Labute approximate surface area is 196 Å². The highest BCUT2D eigenvalue weighted by molar-refractivity contribution is 5.82. The molecule has 2 heterocycles. The number of carbonyl (C=O) groups excluding carboxylic acids is 1. The monoisotopic (exact) mass is 478 g/mol. The lowest BCUT2D eigenvalue weighted by Gasteiger charge is -2.24. The zero-order valence-corrected chi connectivity index (χ0v) is 19.6. The van der Waals surface area contributed by atoms with Gasteiger partial charge in [0.2, 0.25) is 5.91 Å². The maximum Gasteiger partial charge on any atom is 0.411 e. The zero-order valence-electron chi connectivity index (χ0n) is 19.6. The minimum Gasteiger partial charge on any atom is -0.492 e. The lowest BCUT2D eigenvalue weighted by molar-refractivity contribution is -0.170. The average molecular weight is 479 g/mol. The van der Waals surface area contributed by atoms with Gasteiger partial charge in [0.15, 0.2) is 5.82 Å². The molecular formula is C23H29F3N6O2. The molecule has 2 aromatic heterocycles. The first kappa shape index (κ1) is 24.2. The predicted molar refractivity (Wildman–Crippen MR) is 121 cm³/mol. The number of anilines is 1. The number of alkyl halides is 3. The highest BCUT2D eigenvalue weighted by atomic mass is 19.4. The van der Waals surface area contributed by atoms with Crippen molar-refractivity contribution in [3.05, 3.63) is 29.6 Å². The van der Waals surface area contributed by atoms with Crippen LogP contribution in [0.2, 0.25) is 0 Å². The number of aromatic nitrogens is 3. The first-order valence-corrected chi connectivity index (χ1v) is 11.3. The molecule has 4 rings (SSSR count). The third-order valence-electron chi connectivity index (χ3n) is 6.09. The summed E-state index contributed by atoms with van der Waals surface area (Å²) >= 11 is 0. The molecule has 1 saturated carbocycles. The predicted octanol–water partition coefficient (Wildman–Crippen LogP) is 2.62. The molecule has 0 atom stereocenters. The second-order valence-corrected chi connectivity index (χ2v) is 9.16. The number of carbonyl (C=O) groups is 1. The molecule has 0 unspecified atom stereocenters. The fraction of sp³-hybridized carbons (Fsp3) is 0.565. The minimum atomic E-state index is -4.45. The number of hydrogen-bond donors (Lipinski definition) is 1. The molecule has 2 aromatic rings. The van der Waals surface area contributed by atoms with E-state index < -0.39 is 17.6 Å². The number of halogens is 3. The SMILES string of the molecule is CN(C)CCOc1ccnc(-c2nc3c(c(N(C)CC(=O)NC4(C(F)(F)F)CC4)n2)CCC3)c1. The summed E-state index contributed by atoms with van der Waals surface area (Å²) in [6.07, 6.45) is -0.567. The van der Waals surface area contributed by atoms with Crippen LogP contribution in [0.3, 0.4) is 0 Å². The molecule has 1 amide bonds. The Bertz CT molecular complexity index is 1060. The van der Waals surface area contributed by atoms with Gasteiger partial charge >= 0.3 is 6.18 Å². The third-order valence-corrected chi connectivity index (χ3v) is 6.09. The maximum atomic E-state index is 13.2. The van der Waals surface area contributed by atoms with Gasteiger partial charge in [-0.3, -0.25) is 9.78 Å². The minimum absolute atomic E-state index is 0.0857. The number of nitrogens with one attached hydrogen (secondary N) is 1. The van der Waals surface area contributed by atoms with Gasteiger partial charge in [-0.15, -0.1) is 0 Å². The van der Waals surface area contributed by atoms with Crippen LogP contribution in [-0.4, -0.2) is 78.3 Å². The van der Waals surface area contributed by atoms with Gasteiger partial charge in [-0.2, -0.15) is 13.2 Å². The van der Waals surface area contributed by atoms with E-state index in [4.69, 9.17) is 4.74 Å². The molecule has 1 N–H and O–H groups in total. The largest absolute Gasteiger partial charge is 0.492 e. The van der Waals surface area contributed by atoms with E-state index in [0.29, 0.717) is 29.7 Å². The van der Waals surface area contributed by atoms with E-state index in [-0.39, 0.29) is 19.4 Å². The number of aryl methyl sites for hydroxylation is 1. The van der Waals surface area contributed by atoms with E-state index in [9.17, 15) is 18.0 Å². The number of nitrogens with zero attached hydrogens (tertiary/aromatic N) is 5. The lowest BCUT2D eigenvalue weighted by atomic mass is 10.2. The fourth-order valence-electron chi connectivity index (χ4n) is 4.01. The van der Waals surface area contributed by atoms with Crippen LogP contribution in [0.1, 0.15) is 30.5 Å². The molecule has 184 valence electrons. The summed E-state index contributed by atoms with van der Waals surface area (Å²) in [6.45, 7) is 1.05. The van der Waals surface area contributed by atoms with E-state index in [1.54, 1.807) is 30.3 Å². The first-order chi connectivity index (χ1) is 16.1. The summed E-state index contributed by atoms with van der Waals surface area (Å²) in [7, 11) is 5.59.